The molecule has 0 spiro atoms. The number of nitrogens with two attached hydrogens (primary N) is 2. The average molecular weight is 211 g/mol. The van der Waals surface area contributed by atoms with Gasteiger partial charge in [-0.1, -0.05) is 13.3 Å². The fraction of sp³-hybridized carbons (Fsp3) is 0.800. The number of rotatable bonds is 2. The first kappa shape index (κ1) is 11.8. The molecule has 1 aliphatic heterocycles. The van der Waals surface area contributed by atoms with Crippen molar-refractivity contribution in [1.82, 2.24) is 4.90 Å². The number of likely N-dealkylation sites (tertiary alicyclic amines) is 1. The summed E-state index contributed by atoms with van der Waals surface area (Å²) in [5.74, 6) is 0.189. The predicted molar refractivity (Wildman–Crippen MR) is 62.8 cm³/mol. The largest absolute Gasteiger partial charge is 0.369 e. The van der Waals surface area contributed by atoms with Crippen molar-refractivity contribution in [3.8, 4) is 0 Å². The van der Waals surface area contributed by atoms with Crippen molar-refractivity contribution in [1.29, 1.82) is 5.41 Å². The van der Waals surface area contributed by atoms with Crippen LogP contribution in [0.2, 0.25) is 0 Å². The summed E-state index contributed by atoms with van der Waals surface area (Å²) in [5.41, 5.74) is 11.0. The Bertz CT molecular complexity index is 246. The van der Waals surface area contributed by atoms with Crippen LogP contribution in [0.15, 0.2) is 4.99 Å². The van der Waals surface area contributed by atoms with E-state index in [9.17, 15) is 0 Å². The third-order valence-electron chi connectivity index (χ3n) is 2.78. The topological polar surface area (TPSA) is 91.5 Å². The van der Waals surface area contributed by atoms with Crippen LogP contribution in [-0.4, -0.2) is 29.4 Å². The van der Waals surface area contributed by atoms with Gasteiger partial charge in [0, 0.05) is 12.6 Å². The van der Waals surface area contributed by atoms with Gasteiger partial charge >= 0.3 is 0 Å². The van der Waals surface area contributed by atoms with Gasteiger partial charge in [-0.15, -0.1) is 0 Å². The molecule has 0 bridgehead atoms. The van der Waals surface area contributed by atoms with Crippen LogP contribution in [0.1, 0.15) is 39.0 Å². The molecule has 1 rings (SSSR count). The van der Waals surface area contributed by atoms with Gasteiger partial charge in [-0.25, -0.2) is 0 Å². The van der Waals surface area contributed by atoms with Crippen LogP contribution >= 0.6 is 0 Å². The van der Waals surface area contributed by atoms with Gasteiger partial charge in [0.25, 0.3) is 0 Å². The monoisotopic (exact) mass is 211 g/mol. The van der Waals surface area contributed by atoms with E-state index in [1.807, 2.05) is 0 Å². The molecule has 5 heteroatoms. The Labute approximate surface area is 91.0 Å². The molecule has 1 unspecified atom stereocenters. The van der Waals surface area contributed by atoms with Gasteiger partial charge < -0.3 is 16.4 Å². The summed E-state index contributed by atoms with van der Waals surface area (Å²) in [7, 11) is 0. The van der Waals surface area contributed by atoms with Crippen LogP contribution in [0.4, 0.5) is 0 Å². The molecule has 0 saturated carbocycles. The molecule has 0 aromatic heterocycles. The van der Waals surface area contributed by atoms with Gasteiger partial charge in [0.1, 0.15) is 0 Å². The summed E-state index contributed by atoms with van der Waals surface area (Å²) < 4.78 is 0. The zero-order valence-electron chi connectivity index (χ0n) is 9.37. The summed E-state index contributed by atoms with van der Waals surface area (Å²) in [4.78, 5) is 5.91. The van der Waals surface area contributed by atoms with Gasteiger partial charge in [-0.05, 0) is 25.7 Å². The molecule has 0 aromatic rings. The number of aliphatic imine (C=N–C) groups is 1. The van der Waals surface area contributed by atoms with Crippen molar-refractivity contribution in [3.05, 3.63) is 0 Å². The summed E-state index contributed by atoms with van der Waals surface area (Å²) >= 11 is 0. The SMILES string of the molecule is CCCC1CCCCN1/C(N)=N/C(=N)N. The van der Waals surface area contributed by atoms with E-state index in [1.54, 1.807) is 0 Å². The second kappa shape index (κ2) is 5.58. The maximum Gasteiger partial charge on any atom is 0.215 e. The number of piperidine rings is 1. The van der Waals surface area contributed by atoms with Crippen LogP contribution in [-0.2, 0) is 0 Å². The number of hydrogen-bond donors (Lipinski definition) is 3. The van der Waals surface area contributed by atoms with Gasteiger partial charge in [0.2, 0.25) is 5.96 Å². The zero-order valence-corrected chi connectivity index (χ0v) is 9.37. The highest BCUT2D eigenvalue weighted by atomic mass is 15.3. The molecule has 1 heterocycles. The highest BCUT2D eigenvalue weighted by Crippen LogP contribution is 2.20. The van der Waals surface area contributed by atoms with Crippen molar-refractivity contribution in [2.24, 2.45) is 16.5 Å². The van der Waals surface area contributed by atoms with E-state index in [0.717, 1.165) is 25.8 Å². The minimum absolute atomic E-state index is 0.215. The lowest BCUT2D eigenvalue weighted by Crippen LogP contribution is -2.48. The molecule has 0 amide bonds. The maximum atomic E-state index is 7.09. The Morgan fingerprint density at radius 1 is 1.47 bits per heavy atom. The zero-order chi connectivity index (χ0) is 11.3. The van der Waals surface area contributed by atoms with Crippen molar-refractivity contribution in [2.75, 3.05) is 6.54 Å². The molecular weight excluding hydrogens is 190 g/mol. The standard InChI is InChI=1S/C10H21N5/c1-2-5-8-6-3-4-7-15(8)10(13)14-9(11)12/h8H,2-7H2,1H3,(H5,11,12,13,14). The molecule has 5 N–H and O–H groups in total. The highest BCUT2D eigenvalue weighted by Gasteiger charge is 2.22. The van der Waals surface area contributed by atoms with Crippen molar-refractivity contribution in [3.63, 3.8) is 0 Å². The minimum atomic E-state index is -0.215. The summed E-state index contributed by atoms with van der Waals surface area (Å²) in [5, 5.41) is 7.09. The lowest BCUT2D eigenvalue weighted by molar-refractivity contribution is 0.226. The van der Waals surface area contributed by atoms with E-state index >= 15 is 0 Å². The Morgan fingerprint density at radius 3 is 2.80 bits per heavy atom. The molecule has 0 aliphatic carbocycles. The van der Waals surface area contributed by atoms with Gasteiger partial charge in [-0.3, -0.25) is 5.41 Å². The molecule has 86 valence electrons. The third-order valence-corrected chi connectivity index (χ3v) is 2.78. The normalized spacial score (nSPS) is 22.9. The molecular formula is C10H21N5. The molecule has 15 heavy (non-hydrogen) atoms. The first-order valence-electron chi connectivity index (χ1n) is 5.60. The van der Waals surface area contributed by atoms with Crippen LogP contribution < -0.4 is 11.5 Å². The van der Waals surface area contributed by atoms with Crippen LogP contribution in [0.25, 0.3) is 0 Å². The summed E-state index contributed by atoms with van der Waals surface area (Å²) in [6.45, 7) is 3.11. The van der Waals surface area contributed by atoms with E-state index in [1.165, 1.54) is 12.8 Å². The summed E-state index contributed by atoms with van der Waals surface area (Å²) in [6.07, 6.45) is 5.85. The number of nitrogens with one attached hydrogen (secondary N) is 1. The lowest BCUT2D eigenvalue weighted by atomic mass is 9.99. The predicted octanol–water partition coefficient (Wildman–Crippen LogP) is 0.849. The second-order valence-electron chi connectivity index (χ2n) is 3.99. The first-order chi connectivity index (χ1) is 7.15. The smallest absolute Gasteiger partial charge is 0.215 e. The Morgan fingerprint density at radius 2 is 2.20 bits per heavy atom. The minimum Gasteiger partial charge on any atom is -0.369 e. The number of nitrogens with zero attached hydrogens (tertiary/aromatic N) is 2. The molecule has 0 radical (unpaired) electrons. The quantitative estimate of drug-likeness (QED) is 0.467. The molecule has 0 aromatic carbocycles. The van der Waals surface area contributed by atoms with Crippen molar-refractivity contribution >= 4 is 11.9 Å². The van der Waals surface area contributed by atoms with Gasteiger partial charge in [0.15, 0.2) is 5.96 Å². The first-order valence-corrected chi connectivity index (χ1v) is 5.60. The van der Waals surface area contributed by atoms with Crippen molar-refractivity contribution < 1.29 is 0 Å². The van der Waals surface area contributed by atoms with Crippen molar-refractivity contribution in [2.45, 2.75) is 45.1 Å². The Balaban J connectivity index is 2.66. The molecule has 1 fully saturated rings. The fourth-order valence-corrected chi connectivity index (χ4v) is 2.12. The van der Waals surface area contributed by atoms with E-state index < -0.39 is 0 Å². The van der Waals surface area contributed by atoms with Crippen LogP contribution in [0.5, 0.6) is 0 Å². The lowest BCUT2D eigenvalue weighted by Gasteiger charge is -2.36. The van der Waals surface area contributed by atoms with Crippen LogP contribution in [0, 0.1) is 5.41 Å². The molecule has 1 atom stereocenters. The fourth-order valence-electron chi connectivity index (χ4n) is 2.12. The molecule has 1 saturated heterocycles. The summed E-state index contributed by atoms with van der Waals surface area (Å²) in [6, 6.07) is 0.479. The van der Waals surface area contributed by atoms with Gasteiger partial charge in [0.05, 0.1) is 0 Å². The Kier molecular flexibility index (Phi) is 4.39. The van der Waals surface area contributed by atoms with E-state index in [0.29, 0.717) is 12.0 Å². The average Bonchev–Trinajstić information content (AvgIpc) is 2.18. The van der Waals surface area contributed by atoms with E-state index in [4.69, 9.17) is 16.9 Å². The molecule has 1 aliphatic rings. The third kappa shape index (κ3) is 3.42. The second-order valence-corrected chi connectivity index (χ2v) is 3.99. The molecule has 5 nitrogen and oxygen atoms in total. The number of hydrogen-bond acceptors (Lipinski definition) is 1. The van der Waals surface area contributed by atoms with Gasteiger partial charge in [-0.2, -0.15) is 4.99 Å². The Hall–Kier alpha value is -1.26. The highest BCUT2D eigenvalue weighted by molar-refractivity contribution is 5.91. The van der Waals surface area contributed by atoms with Crippen LogP contribution in [0.3, 0.4) is 0 Å². The maximum absolute atomic E-state index is 7.09. The van der Waals surface area contributed by atoms with E-state index in [-0.39, 0.29) is 5.96 Å². The van der Waals surface area contributed by atoms with E-state index in [2.05, 4.69) is 16.8 Å². The number of guanidine groups is 2.